The summed E-state index contributed by atoms with van der Waals surface area (Å²) in [7, 11) is 0. The molecule has 3 rings (SSSR count). The predicted octanol–water partition coefficient (Wildman–Crippen LogP) is 2.44. The molecule has 0 radical (unpaired) electrons. The van der Waals surface area contributed by atoms with Gasteiger partial charge in [-0.15, -0.1) is 0 Å². The second kappa shape index (κ2) is 8.56. The lowest BCUT2D eigenvalue weighted by atomic mass is 10.1. The number of carbonyl (C=O) groups is 2. The first-order chi connectivity index (χ1) is 14.1. The highest BCUT2D eigenvalue weighted by atomic mass is 16.5. The summed E-state index contributed by atoms with van der Waals surface area (Å²) in [5.74, 6) is -0.502. The molecule has 3 N–H and O–H groups in total. The van der Waals surface area contributed by atoms with Gasteiger partial charge in [-0.25, -0.2) is 4.79 Å². The Hall–Kier alpha value is -3.36. The number of nitrogens with one attached hydrogen (secondary N) is 3. The van der Waals surface area contributed by atoms with Crippen molar-refractivity contribution >= 4 is 28.6 Å². The monoisotopic (exact) mass is 413 g/mol. The van der Waals surface area contributed by atoms with Gasteiger partial charge >= 0.3 is 11.7 Å². The molecule has 0 aliphatic heterocycles. The van der Waals surface area contributed by atoms with E-state index in [-0.39, 0.29) is 12.1 Å². The van der Waals surface area contributed by atoms with Gasteiger partial charge in [0.2, 0.25) is 0 Å². The van der Waals surface area contributed by atoms with Gasteiger partial charge in [0.15, 0.2) is 6.10 Å². The van der Waals surface area contributed by atoms with Crippen LogP contribution in [0, 0.1) is 19.8 Å². The minimum absolute atomic E-state index is 0.0595. The van der Waals surface area contributed by atoms with Gasteiger partial charge in [-0.3, -0.25) is 14.3 Å². The number of fused-ring (bicyclic) bond motifs is 1. The van der Waals surface area contributed by atoms with Gasteiger partial charge in [0, 0.05) is 23.5 Å². The van der Waals surface area contributed by atoms with Gasteiger partial charge in [0.1, 0.15) is 0 Å². The van der Waals surface area contributed by atoms with Crippen LogP contribution in [0.15, 0.2) is 23.0 Å². The van der Waals surface area contributed by atoms with E-state index in [2.05, 4.69) is 34.2 Å². The standard InChI is InChI=1S/C21H27N5O4/c1-11(2)10-26-13(4)16(12(3)25-26)9-19(27)30-14(5)20(28)22-15-6-7-17-18(8-15)24-21(29)23-17/h6-8,11,14H,9-10H2,1-5H3,(H,22,28)(H2,23,24,29)/t14-/m0/s1. The molecule has 0 bridgehead atoms. The quantitative estimate of drug-likeness (QED) is 0.514. The Balaban J connectivity index is 1.61. The highest BCUT2D eigenvalue weighted by Gasteiger charge is 2.21. The van der Waals surface area contributed by atoms with Crippen LogP contribution in [0.5, 0.6) is 0 Å². The van der Waals surface area contributed by atoms with Crippen LogP contribution < -0.4 is 11.0 Å². The molecule has 0 aliphatic carbocycles. The van der Waals surface area contributed by atoms with Gasteiger partial charge < -0.3 is 20.0 Å². The van der Waals surface area contributed by atoms with Crippen LogP contribution in [-0.2, 0) is 27.3 Å². The molecule has 1 amide bonds. The van der Waals surface area contributed by atoms with Crippen molar-refractivity contribution in [2.45, 2.75) is 53.7 Å². The highest BCUT2D eigenvalue weighted by Crippen LogP contribution is 2.17. The van der Waals surface area contributed by atoms with Crippen LogP contribution in [0.1, 0.15) is 37.7 Å². The number of nitrogens with zero attached hydrogens (tertiary/aromatic N) is 2. The average Bonchev–Trinajstić information content (AvgIpc) is 3.14. The Morgan fingerprint density at radius 2 is 1.87 bits per heavy atom. The number of carbonyl (C=O) groups excluding carboxylic acids is 2. The van der Waals surface area contributed by atoms with E-state index in [1.807, 2.05) is 18.5 Å². The van der Waals surface area contributed by atoms with Crippen molar-refractivity contribution in [3.05, 3.63) is 45.6 Å². The van der Waals surface area contributed by atoms with Gasteiger partial charge in [-0.2, -0.15) is 5.10 Å². The van der Waals surface area contributed by atoms with Crippen LogP contribution >= 0.6 is 0 Å². The van der Waals surface area contributed by atoms with Crippen LogP contribution in [-0.4, -0.2) is 37.7 Å². The predicted molar refractivity (Wildman–Crippen MR) is 113 cm³/mol. The normalized spacial score (nSPS) is 12.3. The van der Waals surface area contributed by atoms with Crippen molar-refractivity contribution in [3.63, 3.8) is 0 Å². The Morgan fingerprint density at radius 1 is 1.17 bits per heavy atom. The number of rotatable bonds is 7. The zero-order chi connectivity index (χ0) is 22.0. The molecule has 1 aromatic carbocycles. The first-order valence-corrected chi connectivity index (χ1v) is 9.89. The van der Waals surface area contributed by atoms with E-state index in [9.17, 15) is 14.4 Å². The van der Waals surface area contributed by atoms with Crippen molar-refractivity contribution in [2.75, 3.05) is 5.32 Å². The number of aromatic nitrogens is 4. The molecule has 0 spiro atoms. The van der Waals surface area contributed by atoms with Gasteiger partial charge in [-0.05, 0) is 44.9 Å². The first-order valence-electron chi connectivity index (χ1n) is 9.89. The number of benzene rings is 1. The zero-order valence-electron chi connectivity index (χ0n) is 17.8. The topological polar surface area (TPSA) is 122 Å². The van der Waals surface area contributed by atoms with Gasteiger partial charge in [-0.1, -0.05) is 13.8 Å². The highest BCUT2D eigenvalue weighted by molar-refractivity contribution is 5.96. The summed E-state index contributed by atoms with van der Waals surface area (Å²) in [5.41, 5.74) is 3.94. The van der Waals surface area contributed by atoms with E-state index in [0.717, 1.165) is 23.5 Å². The molecule has 9 heteroatoms. The number of imidazole rings is 1. The van der Waals surface area contributed by atoms with Crippen molar-refractivity contribution in [3.8, 4) is 0 Å². The Kier molecular flexibility index (Phi) is 6.09. The number of aromatic amines is 2. The third-order valence-corrected chi connectivity index (χ3v) is 4.85. The molecule has 0 aliphatic rings. The van der Waals surface area contributed by atoms with Crippen molar-refractivity contribution in [2.24, 2.45) is 5.92 Å². The maximum absolute atomic E-state index is 12.4. The average molecular weight is 413 g/mol. The lowest BCUT2D eigenvalue weighted by molar-refractivity contribution is -0.152. The Morgan fingerprint density at radius 3 is 2.57 bits per heavy atom. The molecular weight excluding hydrogens is 386 g/mol. The second-order valence-corrected chi connectivity index (χ2v) is 7.86. The van der Waals surface area contributed by atoms with Crippen molar-refractivity contribution < 1.29 is 14.3 Å². The Bertz CT molecular complexity index is 1140. The molecule has 0 saturated carbocycles. The van der Waals surface area contributed by atoms with E-state index in [0.29, 0.717) is 22.6 Å². The van der Waals surface area contributed by atoms with E-state index in [1.54, 1.807) is 18.2 Å². The SMILES string of the molecule is Cc1nn(CC(C)C)c(C)c1CC(=O)O[C@@H](C)C(=O)Nc1ccc2[nH]c(=O)[nH]c2c1. The van der Waals surface area contributed by atoms with Gasteiger partial charge in [0.25, 0.3) is 5.91 Å². The number of ether oxygens (including phenoxy) is 1. The summed E-state index contributed by atoms with van der Waals surface area (Å²) >= 11 is 0. The zero-order valence-corrected chi connectivity index (χ0v) is 17.8. The molecular formula is C21H27N5O4. The molecule has 0 fully saturated rings. The summed E-state index contributed by atoms with van der Waals surface area (Å²) in [4.78, 5) is 41.4. The molecule has 2 heterocycles. The maximum Gasteiger partial charge on any atom is 0.323 e. The number of aryl methyl sites for hydroxylation is 1. The van der Waals surface area contributed by atoms with E-state index in [4.69, 9.17) is 4.74 Å². The molecule has 2 aromatic heterocycles. The van der Waals surface area contributed by atoms with Crippen LogP contribution in [0.3, 0.4) is 0 Å². The summed E-state index contributed by atoms with van der Waals surface area (Å²) in [6, 6.07) is 4.98. The number of esters is 1. The lowest BCUT2D eigenvalue weighted by Gasteiger charge is -2.14. The van der Waals surface area contributed by atoms with E-state index < -0.39 is 18.0 Å². The fraction of sp³-hybridized carbons (Fsp3) is 0.429. The fourth-order valence-corrected chi connectivity index (χ4v) is 3.30. The summed E-state index contributed by atoms with van der Waals surface area (Å²) in [6.45, 7) is 10.3. The molecule has 30 heavy (non-hydrogen) atoms. The summed E-state index contributed by atoms with van der Waals surface area (Å²) < 4.78 is 7.23. The van der Waals surface area contributed by atoms with Crippen molar-refractivity contribution in [1.29, 1.82) is 0 Å². The minimum Gasteiger partial charge on any atom is -0.452 e. The molecule has 9 nitrogen and oxygen atoms in total. The minimum atomic E-state index is -0.968. The van der Waals surface area contributed by atoms with Crippen LogP contribution in [0.25, 0.3) is 11.0 Å². The number of hydrogen-bond donors (Lipinski definition) is 3. The van der Waals surface area contributed by atoms with Crippen LogP contribution in [0.2, 0.25) is 0 Å². The van der Waals surface area contributed by atoms with Crippen molar-refractivity contribution in [1.82, 2.24) is 19.7 Å². The second-order valence-electron chi connectivity index (χ2n) is 7.86. The lowest BCUT2D eigenvalue weighted by Crippen LogP contribution is -2.30. The summed E-state index contributed by atoms with van der Waals surface area (Å²) in [6.07, 6.45) is -0.908. The largest absolute Gasteiger partial charge is 0.452 e. The number of H-pyrrole nitrogens is 2. The smallest absolute Gasteiger partial charge is 0.323 e. The van der Waals surface area contributed by atoms with Crippen LogP contribution in [0.4, 0.5) is 5.69 Å². The molecule has 0 unspecified atom stereocenters. The number of hydrogen-bond acceptors (Lipinski definition) is 5. The summed E-state index contributed by atoms with van der Waals surface area (Å²) in [5, 5.41) is 7.19. The maximum atomic E-state index is 12.4. The Labute approximate surface area is 173 Å². The molecule has 160 valence electrons. The number of anilines is 1. The molecule has 3 aromatic rings. The third-order valence-electron chi connectivity index (χ3n) is 4.85. The molecule has 1 atom stereocenters. The van der Waals surface area contributed by atoms with E-state index >= 15 is 0 Å². The third kappa shape index (κ3) is 4.79. The first kappa shape index (κ1) is 21.4. The fourth-order valence-electron chi connectivity index (χ4n) is 3.30. The number of amides is 1. The van der Waals surface area contributed by atoms with Gasteiger partial charge in [0.05, 0.1) is 23.1 Å². The molecule has 0 saturated heterocycles. The van der Waals surface area contributed by atoms with E-state index in [1.165, 1.54) is 6.92 Å².